The third kappa shape index (κ3) is 20.1. The van der Waals surface area contributed by atoms with Crippen LogP contribution < -0.4 is 0 Å². The number of hydrogen-bond donors (Lipinski definition) is 3. The van der Waals surface area contributed by atoms with Gasteiger partial charge in [-0.3, -0.25) is 0 Å². The molecule has 0 bridgehead atoms. The number of hydrogen-bond acceptors (Lipinski definition) is 1. The zero-order chi connectivity index (χ0) is 11.6. The van der Waals surface area contributed by atoms with E-state index in [-0.39, 0.29) is 0 Å². The Labute approximate surface area is 101 Å². The van der Waals surface area contributed by atoms with Crippen LogP contribution >= 0.6 is 17.9 Å². The van der Waals surface area contributed by atoms with Gasteiger partial charge in [-0.05, 0) is 24.6 Å². The van der Waals surface area contributed by atoms with Crippen LogP contribution in [0.3, 0.4) is 0 Å². The summed E-state index contributed by atoms with van der Waals surface area (Å²) in [4.78, 5) is 15.7. The fourth-order valence-electron chi connectivity index (χ4n) is 0.786. The van der Waals surface area contributed by atoms with E-state index in [0.29, 0.717) is 0 Å². The summed E-state index contributed by atoms with van der Waals surface area (Å²) in [6.07, 6.45) is 19.0. The molecule has 0 unspecified atom stereocenters. The maximum atomic E-state index is 7.87. The highest BCUT2D eigenvalue weighted by atomic mass is 32.9. The zero-order valence-electron chi connectivity index (χ0n) is 8.23. The number of thiol groups is 1. The molecule has 5 heteroatoms. The third-order valence-corrected chi connectivity index (χ3v) is 1.31. The monoisotopic (exact) mass is 262 g/mol. The van der Waals surface area contributed by atoms with Crippen molar-refractivity contribution in [3.05, 3.63) is 48.6 Å². The lowest BCUT2D eigenvalue weighted by molar-refractivity contribution is 0.503. The van der Waals surface area contributed by atoms with Crippen molar-refractivity contribution in [2.75, 3.05) is 0 Å². The summed E-state index contributed by atoms with van der Waals surface area (Å²) in [6.45, 7) is 0. The van der Waals surface area contributed by atoms with Crippen LogP contribution in [0.5, 0.6) is 0 Å². The first-order valence-electron chi connectivity index (χ1n) is 4.42. The molecule has 0 heterocycles. The molecule has 0 spiro atoms. The highest BCUT2D eigenvalue weighted by molar-refractivity contribution is 8.59. The van der Waals surface area contributed by atoms with Crippen molar-refractivity contribution >= 4 is 29.7 Å². The molecule has 2 aliphatic rings. The van der Waals surface area contributed by atoms with E-state index in [1.54, 1.807) is 0 Å². The molecule has 0 aliphatic heterocycles. The highest BCUT2D eigenvalue weighted by Gasteiger charge is 1.90. The minimum atomic E-state index is -3.11. The van der Waals surface area contributed by atoms with Crippen molar-refractivity contribution < 1.29 is 9.79 Å². The van der Waals surface area contributed by atoms with Crippen LogP contribution in [0.15, 0.2) is 48.6 Å². The van der Waals surface area contributed by atoms with Gasteiger partial charge < -0.3 is 9.79 Å². The van der Waals surface area contributed by atoms with Gasteiger partial charge in [0.2, 0.25) is 5.69 Å². The molecule has 0 fully saturated rings. The molecule has 0 aromatic carbocycles. The first-order chi connectivity index (χ1) is 7.00. The van der Waals surface area contributed by atoms with Crippen LogP contribution in [0.2, 0.25) is 0 Å². The molecule has 2 aliphatic carbocycles. The van der Waals surface area contributed by atoms with Crippen molar-refractivity contribution in [1.82, 2.24) is 0 Å². The summed E-state index contributed by atoms with van der Waals surface area (Å²) in [5.74, 6) is 0. The van der Waals surface area contributed by atoms with Gasteiger partial charge in [0.25, 0.3) is 0 Å². The minimum absolute atomic E-state index is 1.14. The van der Waals surface area contributed by atoms with Crippen LogP contribution in [-0.4, -0.2) is 9.79 Å². The predicted octanol–water partition coefficient (Wildman–Crippen LogP) is 3.13. The molecule has 0 saturated heterocycles. The van der Waals surface area contributed by atoms with Crippen LogP contribution in [0, 0.1) is 0 Å². The topological polar surface area (TPSA) is 40.5 Å². The van der Waals surface area contributed by atoms with E-state index in [2.05, 4.69) is 72.7 Å². The fourth-order valence-corrected chi connectivity index (χ4v) is 0.786. The summed E-state index contributed by atoms with van der Waals surface area (Å²) >= 11 is 7.07. The lowest BCUT2D eigenvalue weighted by Crippen LogP contribution is -1.53. The molecule has 2 nitrogen and oxygen atoms in total. The van der Waals surface area contributed by atoms with Crippen LogP contribution in [0.4, 0.5) is 0 Å². The molecule has 0 aromatic heterocycles. The predicted molar refractivity (Wildman–Crippen MR) is 73.5 cm³/mol. The van der Waals surface area contributed by atoms with Gasteiger partial charge in [-0.25, -0.2) is 0 Å². The van der Waals surface area contributed by atoms with Gasteiger partial charge in [-0.2, -0.15) is 0 Å². The third-order valence-electron chi connectivity index (χ3n) is 1.31. The van der Waals surface area contributed by atoms with E-state index < -0.39 is 5.69 Å². The Kier molecular flexibility index (Phi) is 9.06. The number of rotatable bonds is 0. The smallest absolute Gasteiger partial charge is 0.239 e. The van der Waals surface area contributed by atoms with Gasteiger partial charge in [-0.1, -0.05) is 60.9 Å². The highest BCUT2D eigenvalue weighted by Crippen LogP contribution is 2.39. The van der Waals surface area contributed by atoms with E-state index in [1.165, 1.54) is 0 Å². The first-order valence-corrected chi connectivity index (χ1v) is 8.28. The Balaban J connectivity index is 0.000000196. The Morgan fingerprint density at radius 3 is 1.13 bits per heavy atom. The second kappa shape index (κ2) is 9.13. The lowest BCUT2D eigenvalue weighted by Gasteiger charge is -1.88. The molecule has 0 radical (unpaired) electrons. The Morgan fingerprint density at radius 2 is 1.07 bits per heavy atom. The molecule has 0 atom stereocenters. The summed E-state index contributed by atoms with van der Waals surface area (Å²) in [5, 5.41) is 0. The van der Waals surface area contributed by atoms with Crippen molar-refractivity contribution in [3.8, 4) is 0 Å². The zero-order valence-corrected chi connectivity index (χ0v) is 10.8. The molecule has 0 saturated carbocycles. The maximum absolute atomic E-state index is 7.87. The van der Waals surface area contributed by atoms with Crippen LogP contribution in [0.25, 0.3) is 0 Å². The molecule has 0 aromatic rings. The van der Waals surface area contributed by atoms with Gasteiger partial charge in [0.05, 0.1) is 0 Å². The average molecular weight is 262 g/mol. The van der Waals surface area contributed by atoms with Gasteiger partial charge in [-0.15, -0.1) is 0 Å². The van der Waals surface area contributed by atoms with Crippen LogP contribution in [-0.2, 0) is 11.8 Å². The quantitative estimate of drug-likeness (QED) is 0.464. The van der Waals surface area contributed by atoms with E-state index in [1.807, 2.05) is 0 Å². The summed E-state index contributed by atoms with van der Waals surface area (Å²) < 4.78 is 0. The normalized spacial score (nSPS) is 15.7. The van der Waals surface area contributed by atoms with Crippen molar-refractivity contribution in [3.63, 3.8) is 0 Å². The maximum Gasteiger partial charge on any atom is 0.239 e. The molecular formula is C10H15O2PS2. The first kappa shape index (κ1) is 14.9. The SMILES string of the molecule is C1=CCC=C1.C1=CCC=C1.OP(O)(=S)S. The molecule has 15 heavy (non-hydrogen) atoms. The minimum Gasteiger partial charge on any atom is -0.338 e. The Hall–Kier alpha value is -0.120. The average Bonchev–Trinajstić information content (AvgIpc) is 2.81. The number of allylic oxidation sites excluding steroid dienone is 8. The van der Waals surface area contributed by atoms with Crippen LogP contribution in [0.1, 0.15) is 12.8 Å². The van der Waals surface area contributed by atoms with E-state index >= 15 is 0 Å². The molecule has 84 valence electrons. The standard InChI is InChI=1S/2C5H6.H3O2PS2/c2*1-2-4-5-3-1;1-3(2,4)5/h2*1-4H,5H2;(H3,1,2,4,5). The molecule has 2 rings (SSSR count). The Bertz CT molecular complexity index is 263. The second-order valence-corrected chi connectivity index (χ2v) is 7.74. The van der Waals surface area contributed by atoms with Gasteiger partial charge in [0, 0.05) is 0 Å². The van der Waals surface area contributed by atoms with E-state index in [9.17, 15) is 0 Å². The Morgan fingerprint density at radius 1 is 0.867 bits per heavy atom. The summed E-state index contributed by atoms with van der Waals surface area (Å²) in [6, 6.07) is 0. The molecule has 2 N–H and O–H groups in total. The fraction of sp³-hybridized carbons (Fsp3) is 0.200. The summed E-state index contributed by atoms with van der Waals surface area (Å²) in [5.41, 5.74) is -3.11. The van der Waals surface area contributed by atoms with E-state index in [4.69, 9.17) is 9.79 Å². The van der Waals surface area contributed by atoms with Crippen molar-refractivity contribution in [1.29, 1.82) is 0 Å². The molecular weight excluding hydrogens is 247 g/mol. The lowest BCUT2D eigenvalue weighted by atomic mass is 10.5. The van der Waals surface area contributed by atoms with Gasteiger partial charge in [0.1, 0.15) is 0 Å². The summed E-state index contributed by atoms with van der Waals surface area (Å²) in [7, 11) is 0. The second-order valence-electron chi connectivity index (χ2n) is 2.70. The largest absolute Gasteiger partial charge is 0.338 e. The van der Waals surface area contributed by atoms with E-state index in [0.717, 1.165) is 12.8 Å². The van der Waals surface area contributed by atoms with Crippen molar-refractivity contribution in [2.45, 2.75) is 12.8 Å². The molecule has 0 amide bonds. The van der Waals surface area contributed by atoms with Gasteiger partial charge >= 0.3 is 0 Å². The van der Waals surface area contributed by atoms with Gasteiger partial charge in [0.15, 0.2) is 0 Å². The van der Waals surface area contributed by atoms with Crippen molar-refractivity contribution in [2.24, 2.45) is 0 Å².